The zero-order valence-electron chi connectivity index (χ0n) is 10.4. The Morgan fingerprint density at radius 1 is 1.14 bits per heavy atom. The van der Waals surface area contributed by atoms with Crippen LogP contribution in [0.4, 0.5) is 23.4 Å². The first-order chi connectivity index (χ1) is 9.89. The quantitative estimate of drug-likeness (QED) is 0.510. The molecule has 10 heteroatoms. The molecule has 2 aromatic heterocycles. The number of nitrogens with two attached hydrogens (primary N) is 1. The summed E-state index contributed by atoms with van der Waals surface area (Å²) in [6.45, 7) is -1.62. The zero-order valence-corrected chi connectivity index (χ0v) is 10.4. The van der Waals surface area contributed by atoms with Crippen LogP contribution in [0.2, 0.25) is 0 Å². The Kier molecular flexibility index (Phi) is 4.17. The number of alkyl halides is 3. The van der Waals surface area contributed by atoms with Crippen LogP contribution in [0.5, 0.6) is 5.88 Å². The fourth-order valence-electron chi connectivity index (χ4n) is 1.37. The summed E-state index contributed by atoms with van der Waals surface area (Å²) >= 11 is 0. The number of nitrogens with zero attached hydrogens (tertiary/aromatic N) is 3. The highest BCUT2D eigenvalue weighted by Gasteiger charge is 2.29. The summed E-state index contributed by atoms with van der Waals surface area (Å²) in [6, 6.07) is 0.957. The summed E-state index contributed by atoms with van der Waals surface area (Å²) < 4.78 is 53.8. The second-order valence-electron chi connectivity index (χ2n) is 3.85. The van der Waals surface area contributed by atoms with Gasteiger partial charge in [0.15, 0.2) is 18.2 Å². The third-order valence-electron chi connectivity index (χ3n) is 2.28. The monoisotopic (exact) mass is 303 g/mol. The van der Waals surface area contributed by atoms with Crippen LogP contribution in [0.15, 0.2) is 24.7 Å². The third kappa shape index (κ3) is 3.99. The Balaban J connectivity index is 2.17. The largest absolute Gasteiger partial charge is 0.466 e. The Morgan fingerprint density at radius 3 is 2.43 bits per heavy atom. The number of ether oxygens (including phenoxy) is 1. The van der Waals surface area contributed by atoms with E-state index in [1.807, 2.05) is 0 Å². The van der Waals surface area contributed by atoms with E-state index in [9.17, 15) is 17.6 Å². The van der Waals surface area contributed by atoms with Gasteiger partial charge in [-0.25, -0.2) is 20.2 Å². The lowest BCUT2D eigenvalue weighted by atomic mass is 10.2. The minimum absolute atomic E-state index is 0.239. The minimum atomic E-state index is -4.57. The van der Waals surface area contributed by atoms with Crippen molar-refractivity contribution in [2.45, 2.75) is 6.18 Å². The lowest BCUT2D eigenvalue weighted by Gasteiger charge is -2.09. The molecule has 2 rings (SSSR count). The van der Waals surface area contributed by atoms with Crippen molar-refractivity contribution >= 4 is 5.82 Å². The highest BCUT2D eigenvalue weighted by Crippen LogP contribution is 2.23. The first-order valence-corrected chi connectivity index (χ1v) is 5.53. The zero-order chi connectivity index (χ0) is 15.5. The van der Waals surface area contributed by atoms with Gasteiger partial charge < -0.3 is 10.2 Å². The highest BCUT2D eigenvalue weighted by atomic mass is 19.4. The maximum absolute atomic E-state index is 13.6. The number of rotatable bonds is 4. The van der Waals surface area contributed by atoms with Crippen LogP contribution in [0, 0.1) is 5.82 Å². The molecular weight excluding hydrogens is 294 g/mol. The highest BCUT2D eigenvalue weighted by molar-refractivity contribution is 5.58. The number of aromatic nitrogens is 3. The molecule has 112 valence electrons. The maximum Gasteiger partial charge on any atom is 0.422 e. The van der Waals surface area contributed by atoms with E-state index in [1.54, 1.807) is 0 Å². The second kappa shape index (κ2) is 5.87. The molecule has 2 heterocycles. The van der Waals surface area contributed by atoms with Crippen LogP contribution in [0.25, 0.3) is 11.3 Å². The van der Waals surface area contributed by atoms with Crippen molar-refractivity contribution < 1.29 is 22.3 Å². The van der Waals surface area contributed by atoms with E-state index in [-0.39, 0.29) is 11.3 Å². The van der Waals surface area contributed by atoms with Crippen molar-refractivity contribution in [2.75, 3.05) is 12.0 Å². The van der Waals surface area contributed by atoms with E-state index < -0.39 is 24.5 Å². The van der Waals surface area contributed by atoms with E-state index in [2.05, 4.69) is 25.1 Å². The fourth-order valence-corrected chi connectivity index (χ4v) is 1.37. The molecule has 0 amide bonds. The number of hydrazine groups is 1. The molecule has 0 aromatic carbocycles. The van der Waals surface area contributed by atoms with E-state index in [0.29, 0.717) is 5.82 Å². The van der Waals surface area contributed by atoms with Crippen LogP contribution < -0.4 is 16.0 Å². The lowest BCUT2D eigenvalue weighted by molar-refractivity contribution is -0.154. The summed E-state index contributed by atoms with van der Waals surface area (Å²) in [4.78, 5) is 11.3. The molecule has 0 unspecified atom stereocenters. The van der Waals surface area contributed by atoms with E-state index in [1.165, 1.54) is 12.4 Å². The molecule has 0 aliphatic carbocycles. The molecule has 0 aliphatic rings. The lowest BCUT2D eigenvalue weighted by Crippen LogP contribution is -2.20. The van der Waals surface area contributed by atoms with Gasteiger partial charge in [-0.05, 0) is 6.07 Å². The van der Waals surface area contributed by atoms with Crippen LogP contribution in [-0.2, 0) is 0 Å². The Morgan fingerprint density at radius 2 is 1.90 bits per heavy atom. The van der Waals surface area contributed by atoms with Gasteiger partial charge in [0.05, 0.1) is 18.1 Å². The van der Waals surface area contributed by atoms with Crippen molar-refractivity contribution in [1.29, 1.82) is 0 Å². The molecule has 21 heavy (non-hydrogen) atoms. The van der Waals surface area contributed by atoms with E-state index >= 15 is 0 Å². The van der Waals surface area contributed by atoms with Crippen molar-refractivity contribution in [3.8, 4) is 17.1 Å². The predicted octanol–water partition coefficient (Wildman–Crippen LogP) is 1.90. The molecule has 0 atom stereocenters. The predicted molar refractivity (Wildman–Crippen MR) is 64.6 cm³/mol. The number of halogens is 4. The first-order valence-electron chi connectivity index (χ1n) is 5.53. The molecule has 0 fully saturated rings. The molecule has 3 N–H and O–H groups in total. The maximum atomic E-state index is 13.6. The number of anilines is 1. The molecule has 2 aromatic rings. The van der Waals surface area contributed by atoms with Gasteiger partial charge in [0, 0.05) is 11.8 Å². The molecule has 0 aliphatic heterocycles. The molecular formula is C11H9F4N5O. The van der Waals surface area contributed by atoms with Gasteiger partial charge in [-0.2, -0.15) is 13.2 Å². The summed E-state index contributed by atoms with van der Waals surface area (Å²) in [6.07, 6.45) is -0.819. The summed E-state index contributed by atoms with van der Waals surface area (Å²) in [5.74, 6) is 3.66. The van der Waals surface area contributed by atoms with Gasteiger partial charge >= 0.3 is 6.18 Å². The molecule has 0 saturated carbocycles. The number of hydrogen-bond donors (Lipinski definition) is 2. The summed E-state index contributed by atoms with van der Waals surface area (Å²) in [7, 11) is 0. The van der Waals surface area contributed by atoms with Crippen LogP contribution in [0.3, 0.4) is 0 Å². The number of nitrogen functional groups attached to an aromatic ring is 1. The van der Waals surface area contributed by atoms with Gasteiger partial charge in [0.25, 0.3) is 5.88 Å². The second-order valence-corrected chi connectivity index (χ2v) is 3.85. The topological polar surface area (TPSA) is 86.0 Å². The molecule has 0 radical (unpaired) electrons. The van der Waals surface area contributed by atoms with Crippen LogP contribution >= 0.6 is 0 Å². The average molecular weight is 303 g/mol. The Hall–Kier alpha value is -2.49. The standard InChI is InChI=1S/C11H9F4N5O/c12-7-1-6(8-3-18-9(20-16)4-17-8)2-19-10(7)21-5-11(13,14)15/h1-4H,5,16H2,(H,18,20). The minimum Gasteiger partial charge on any atom is -0.466 e. The molecule has 0 saturated heterocycles. The SMILES string of the molecule is NNc1cnc(-c2cnc(OCC(F)(F)F)c(F)c2)cn1. The Labute approximate surface area is 116 Å². The van der Waals surface area contributed by atoms with Gasteiger partial charge in [0.1, 0.15) is 0 Å². The molecule has 6 nitrogen and oxygen atoms in total. The van der Waals surface area contributed by atoms with Gasteiger partial charge in [-0.3, -0.25) is 4.98 Å². The van der Waals surface area contributed by atoms with Crippen molar-refractivity contribution in [3.05, 3.63) is 30.5 Å². The van der Waals surface area contributed by atoms with Gasteiger partial charge in [0.2, 0.25) is 0 Å². The van der Waals surface area contributed by atoms with Crippen LogP contribution in [-0.4, -0.2) is 27.7 Å². The van der Waals surface area contributed by atoms with Crippen LogP contribution in [0.1, 0.15) is 0 Å². The number of hydrogen-bond acceptors (Lipinski definition) is 6. The number of nitrogens with one attached hydrogen (secondary N) is 1. The van der Waals surface area contributed by atoms with Crippen molar-refractivity contribution in [2.24, 2.45) is 5.84 Å². The van der Waals surface area contributed by atoms with E-state index in [0.717, 1.165) is 12.3 Å². The van der Waals surface area contributed by atoms with Crippen molar-refractivity contribution in [1.82, 2.24) is 15.0 Å². The summed E-state index contributed by atoms with van der Waals surface area (Å²) in [5.41, 5.74) is 2.79. The molecule has 0 spiro atoms. The van der Waals surface area contributed by atoms with Gasteiger partial charge in [-0.15, -0.1) is 0 Å². The fraction of sp³-hybridized carbons (Fsp3) is 0.182. The normalized spacial score (nSPS) is 11.3. The third-order valence-corrected chi connectivity index (χ3v) is 2.28. The first kappa shape index (κ1) is 14.9. The smallest absolute Gasteiger partial charge is 0.422 e. The average Bonchev–Trinajstić information content (AvgIpc) is 2.45. The van der Waals surface area contributed by atoms with E-state index in [4.69, 9.17) is 5.84 Å². The van der Waals surface area contributed by atoms with Gasteiger partial charge in [-0.1, -0.05) is 0 Å². The Bertz CT molecular complexity index is 617. The molecule has 0 bridgehead atoms. The summed E-state index contributed by atoms with van der Waals surface area (Å²) in [5, 5.41) is 0. The number of pyridine rings is 1. The van der Waals surface area contributed by atoms with Crippen molar-refractivity contribution in [3.63, 3.8) is 0 Å².